The number of methoxy groups -OCH3 is 1. The molecule has 0 saturated carbocycles. The average molecular weight is 368 g/mol. The van der Waals surface area contributed by atoms with Gasteiger partial charge in [-0.15, -0.1) is 0 Å². The van der Waals surface area contributed by atoms with E-state index in [4.69, 9.17) is 20.5 Å². The molecule has 0 saturated heterocycles. The summed E-state index contributed by atoms with van der Waals surface area (Å²) in [5.41, 5.74) is 6.23. The van der Waals surface area contributed by atoms with E-state index in [1.54, 1.807) is 18.2 Å². The first-order valence-corrected chi connectivity index (χ1v) is 7.31. The maximum absolute atomic E-state index is 11.6. The summed E-state index contributed by atoms with van der Waals surface area (Å²) in [6, 6.07) is 5.27. The van der Waals surface area contributed by atoms with Crippen LogP contribution in [-0.2, 0) is 4.79 Å². The van der Waals surface area contributed by atoms with E-state index in [1.807, 2.05) is 6.07 Å². The van der Waals surface area contributed by atoms with Gasteiger partial charge in [0.05, 0.1) is 12.0 Å². The number of nitrogens with two attached hydrogens (primary N) is 1. The number of hydrogen-bond acceptors (Lipinski definition) is 6. The zero-order valence-corrected chi connectivity index (χ0v) is 13.3. The highest BCUT2D eigenvalue weighted by Crippen LogP contribution is 2.36. The minimum Gasteiger partial charge on any atom is -0.493 e. The molecule has 1 aromatic carbocycles. The van der Waals surface area contributed by atoms with Crippen LogP contribution in [0.3, 0.4) is 0 Å². The van der Waals surface area contributed by atoms with Crippen molar-refractivity contribution in [2.24, 2.45) is 10.7 Å². The van der Waals surface area contributed by atoms with Crippen molar-refractivity contribution in [2.45, 2.75) is 0 Å². The van der Waals surface area contributed by atoms with Crippen LogP contribution in [0.15, 0.2) is 26.5 Å². The first kappa shape index (κ1) is 15.4. The van der Waals surface area contributed by atoms with Crippen LogP contribution in [-0.4, -0.2) is 24.8 Å². The monoisotopic (exact) mass is 367 g/mol. The minimum absolute atomic E-state index is 0.0814. The predicted molar refractivity (Wildman–Crippen MR) is 84.0 cm³/mol. The highest BCUT2D eigenvalue weighted by molar-refractivity contribution is 9.10. The SMILES string of the molecule is COc1cc(/C=C2\SC(N)=NC2=O)c(Br)cc1OCC#N. The van der Waals surface area contributed by atoms with Gasteiger partial charge in [-0.25, -0.2) is 0 Å². The summed E-state index contributed by atoms with van der Waals surface area (Å²) in [5.74, 6) is 0.534. The molecular weight excluding hydrogens is 358 g/mol. The fraction of sp³-hybridized carbons (Fsp3) is 0.154. The molecule has 6 nitrogen and oxygen atoms in total. The Labute approximate surface area is 133 Å². The minimum atomic E-state index is -0.367. The maximum Gasteiger partial charge on any atom is 0.286 e. The number of amidine groups is 1. The smallest absolute Gasteiger partial charge is 0.286 e. The molecule has 8 heteroatoms. The van der Waals surface area contributed by atoms with E-state index in [-0.39, 0.29) is 17.7 Å². The second-order valence-electron chi connectivity index (χ2n) is 3.84. The van der Waals surface area contributed by atoms with E-state index in [1.165, 1.54) is 7.11 Å². The van der Waals surface area contributed by atoms with Gasteiger partial charge in [-0.05, 0) is 35.5 Å². The van der Waals surface area contributed by atoms with E-state index in [0.29, 0.717) is 20.9 Å². The first-order chi connectivity index (χ1) is 10.0. The molecule has 2 rings (SSSR count). The van der Waals surface area contributed by atoms with Crippen LogP contribution < -0.4 is 15.2 Å². The maximum atomic E-state index is 11.6. The topological polar surface area (TPSA) is 97.7 Å². The van der Waals surface area contributed by atoms with E-state index in [9.17, 15) is 4.79 Å². The van der Waals surface area contributed by atoms with Crippen LogP contribution in [0.2, 0.25) is 0 Å². The van der Waals surface area contributed by atoms with Gasteiger partial charge in [0.2, 0.25) is 0 Å². The summed E-state index contributed by atoms with van der Waals surface area (Å²) in [7, 11) is 1.50. The fourth-order valence-corrected chi connectivity index (χ4v) is 2.72. The van der Waals surface area contributed by atoms with Gasteiger partial charge in [-0.3, -0.25) is 4.79 Å². The number of carbonyl (C=O) groups excluding carboxylic acids is 1. The Bertz CT molecular complexity index is 695. The van der Waals surface area contributed by atoms with Crippen LogP contribution in [0.5, 0.6) is 11.5 Å². The lowest BCUT2D eigenvalue weighted by molar-refractivity contribution is -0.113. The van der Waals surface area contributed by atoms with Gasteiger partial charge in [0.25, 0.3) is 5.91 Å². The predicted octanol–water partition coefficient (Wildman–Crippen LogP) is 2.29. The third-order valence-corrected chi connectivity index (χ3v) is 4.00. The van der Waals surface area contributed by atoms with E-state index in [2.05, 4.69) is 20.9 Å². The Kier molecular flexibility index (Phi) is 4.88. The molecule has 0 unspecified atom stereocenters. The van der Waals surface area contributed by atoms with E-state index < -0.39 is 0 Å². The first-order valence-electron chi connectivity index (χ1n) is 5.70. The van der Waals surface area contributed by atoms with Crippen molar-refractivity contribution in [1.29, 1.82) is 5.26 Å². The largest absolute Gasteiger partial charge is 0.493 e. The van der Waals surface area contributed by atoms with Crippen molar-refractivity contribution in [3.8, 4) is 17.6 Å². The van der Waals surface area contributed by atoms with Crippen LogP contribution >= 0.6 is 27.7 Å². The number of benzene rings is 1. The van der Waals surface area contributed by atoms with Crippen LogP contribution in [0.1, 0.15) is 5.56 Å². The number of ether oxygens (including phenoxy) is 2. The molecule has 0 aromatic heterocycles. The molecule has 1 aliphatic heterocycles. The molecule has 108 valence electrons. The van der Waals surface area contributed by atoms with Crippen LogP contribution in [0.25, 0.3) is 6.08 Å². The Morgan fingerprint density at radius 2 is 2.29 bits per heavy atom. The number of rotatable bonds is 4. The molecule has 21 heavy (non-hydrogen) atoms. The van der Waals surface area contributed by atoms with Crippen molar-refractivity contribution >= 4 is 44.8 Å². The molecule has 1 heterocycles. The molecule has 0 spiro atoms. The van der Waals surface area contributed by atoms with Gasteiger partial charge in [0.15, 0.2) is 23.3 Å². The molecule has 0 fully saturated rings. The Hall–Kier alpha value is -1.98. The molecule has 0 atom stereocenters. The summed E-state index contributed by atoms with van der Waals surface area (Å²) in [5, 5.41) is 8.78. The number of amides is 1. The lowest BCUT2D eigenvalue weighted by atomic mass is 10.2. The number of thioether (sulfide) groups is 1. The molecule has 1 aromatic rings. The van der Waals surface area contributed by atoms with Crippen molar-refractivity contribution < 1.29 is 14.3 Å². The average Bonchev–Trinajstić information content (AvgIpc) is 2.77. The van der Waals surface area contributed by atoms with Gasteiger partial charge in [0, 0.05) is 4.47 Å². The molecule has 1 aliphatic rings. The van der Waals surface area contributed by atoms with Gasteiger partial charge < -0.3 is 15.2 Å². The Morgan fingerprint density at radius 1 is 1.52 bits per heavy atom. The highest BCUT2D eigenvalue weighted by Gasteiger charge is 2.20. The lowest BCUT2D eigenvalue weighted by Crippen LogP contribution is -2.01. The molecular formula is C13H10BrN3O3S. The van der Waals surface area contributed by atoms with Crippen molar-refractivity contribution in [3.63, 3.8) is 0 Å². The number of nitrogens with zero attached hydrogens (tertiary/aromatic N) is 2. The molecule has 0 radical (unpaired) electrons. The Balaban J connectivity index is 2.36. The third kappa shape index (κ3) is 3.56. The summed E-state index contributed by atoms with van der Waals surface area (Å²) in [6.45, 7) is -0.0814. The number of carbonyl (C=O) groups is 1. The van der Waals surface area contributed by atoms with Gasteiger partial charge >= 0.3 is 0 Å². The zero-order valence-electron chi connectivity index (χ0n) is 10.9. The van der Waals surface area contributed by atoms with Crippen molar-refractivity contribution in [1.82, 2.24) is 0 Å². The number of nitriles is 1. The third-order valence-electron chi connectivity index (χ3n) is 2.50. The number of hydrogen-bond donors (Lipinski definition) is 1. The number of aliphatic imine (C=N–C) groups is 1. The normalized spacial score (nSPS) is 15.8. The van der Waals surface area contributed by atoms with Crippen LogP contribution in [0, 0.1) is 11.3 Å². The van der Waals surface area contributed by atoms with E-state index in [0.717, 1.165) is 17.3 Å². The van der Waals surface area contributed by atoms with E-state index >= 15 is 0 Å². The molecule has 0 bridgehead atoms. The summed E-state index contributed by atoms with van der Waals surface area (Å²) < 4.78 is 11.2. The quantitative estimate of drug-likeness (QED) is 0.819. The fourth-order valence-electron chi connectivity index (χ4n) is 1.61. The number of halogens is 1. The summed E-state index contributed by atoms with van der Waals surface area (Å²) in [6.07, 6.45) is 1.66. The standard InChI is InChI=1S/C13H10BrN3O3S/c1-19-9-4-7(5-11-12(18)17-13(16)21-11)8(14)6-10(9)20-3-2-15/h4-6H,3H2,1H3,(H2,16,17,18)/b11-5-. The summed E-state index contributed by atoms with van der Waals surface area (Å²) in [4.78, 5) is 15.7. The molecule has 2 N–H and O–H groups in total. The van der Waals surface area contributed by atoms with Crippen molar-refractivity contribution in [2.75, 3.05) is 13.7 Å². The van der Waals surface area contributed by atoms with Gasteiger partial charge in [0.1, 0.15) is 6.07 Å². The van der Waals surface area contributed by atoms with Crippen LogP contribution in [0.4, 0.5) is 0 Å². The zero-order chi connectivity index (χ0) is 15.4. The van der Waals surface area contributed by atoms with Crippen molar-refractivity contribution in [3.05, 3.63) is 27.1 Å². The van der Waals surface area contributed by atoms with Gasteiger partial charge in [-0.2, -0.15) is 10.3 Å². The van der Waals surface area contributed by atoms with Gasteiger partial charge in [-0.1, -0.05) is 15.9 Å². The second kappa shape index (κ2) is 6.65. The second-order valence-corrected chi connectivity index (χ2v) is 5.75. The molecule has 1 amide bonds. The Morgan fingerprint density at radius 3 is 2.86 bits per heavy atom. The summed E-state index contributed by atoms with van der Waals surface area (Å²) >= 11 is 4.50. The lowest BCUT2D eigenvalue weighted by Gasteiger charge is -2.11. The molecule has 0 aliphatic carbocycles. The highest BCUT2D eigenvalue weighted by atomic mass is 79.9.